The van der Waals surface area contributed by atoms with Crippen LogP contribution in [0.1, 0.15) is 12.0 Å². The SMILES string of the molecule is CN1CCN=C1c1ccc(N2C(=O)CC(NC(=O)Nc3ccc(Cl)cc3)C2=O)cc1. The third-order valence-corrected chi connectivity index (χ3v) is 5.25. The number of aliphatic imine (C=N–C) groups is 1. The van der Waals surface area contributed by atoms with Gasteiger partial charge in [0, 0.05) is 29.9 Å². The Bertz CT molecular complexity index is 1020. The summed E-state index contributed by atoms with van der Waals surface area (Å²) in [5.41, 5.74) is 1.92. The van der Waals surface area contributed by atoms with E-state index >= 15 is 0 Å². The lowest BCUT2D eigenvalue weighted by Crippen LogP contribution is -2.43. The molecule has 30 heavy (non-hydrogen) atoms. The number of amidine groups is 1. The fraction of sp³-hybridized carbons (Fsp3) is 0.238. The van der Waals surface area contributed by atoms with E-state index in [1.54, 1.807) is 36.4 Å². The van der Waals surface area contributed by atoms with Crippen LogP contribution in [0.2, 0.25) is 5.02 Å². The summed E-state index contributed by atoms with van der Waals surface area (Å²) in [7, 11) is 1.97. The molecule has 0 radical (unpaired) electrons. The van der Waals surface area contributed by atoms with E-state index in [0.717, 1.165) is 29.4 Å². The second-order valence-corrected chi connectivity index (χ2v) is 7.54. The van der Waals surface area contributed by atoms with Crippen LogP contribution in [0.25, 0.3) is 0 Å². The van der Waals surface area contributed by atoms with Crippen molar-refractivity contribution < 1.29 is 14.4 Å². The van der Waals surface area contributed by atoms with Crippen molar-refractivity contribution in [2.75, 3.05) is 30.4 Å². The molecule has 1 saturated heterocycles. The molecule has 1 atom stereocenters. The van der Waals surface area contributed by atoms with E-state index < -0.39 is 18.0 Å². The molecule has 2 heterocycles. The van der Waals surface area contributed by atoms with Crippen molar-refractivity contribution in [2.24, 2.45) is 4.99 Å². The minimum absolute atomic E-state index is 0.0932. The molecule has 1 fully saturated rings. The monoisotopic (exact) mass is 425 g/mol. The van der Waals surface area contributed by atoms with Gasteiger partial charge in [0.25, 0.3) is 5.91 Å². The van der Waals surface area contributed by atoms with Crippen LogP contribution in [0, 0.1) is 0 Å². The highest BCUT2D eigenvalue weighted by Gasteiger charge is 2.40. The van der Waals surface area contributed by atoms with Crippen molar-refractivity contribution in [3.05, 3.63) is 59.1 Å². The number of hydrogen-bond acceptors (Lipinski definition) is 5. The van der Waals surface area contributed by atoms with Crippen molar-refractivity contribution >= 4 is 46.7 Å². The van der Waals surface area contributed by atoms with Crippen LogP contribution in [-0.2, 0) is 9.59 Å². The Balaban J connectivity index is 1.42. The van der Waals surface area contributed by atoms with Crippen LogP contribution in [0.3, 0.4) is 0 Å². The number of urea groups is 1. The Morgan fingerprint density at radius 1 is 1.10 bits per heavy atom. The lowest BCUT2D eigenvalue weighted by atomic mass is 10.1. The Kier molecular flexibility index (Phi) is 5.41. The number of amides is 4. The smallest absolute Gasteiger partial charge is 0.319 e. The molecule has 0 bridgehead atoms. The number of carbonyl (C=O) groups is 3. The lowest BCUT2D eigenvalue weighted by Gasteiger charge is -2.17. The van der Waals surface area contributed by atoms with E-state index in [9.17, 15) is 14.4 Å². The maximum Gasteiger partial charge on any atom is 0.319 e. The second kappa shape index (κ2) is 8.16. The summed E-state index contributed by atoms with van der Waals surface area (Å²) in [5, 5.41) is 5.73. The van der Waals surface area contributed by atoms with Gasteiger partial charge in [-0.05, 0) is 48.5 Å². The Hall–Kier alpha value is -3.39. The number of rotatable bonds is 4. The maximum absolute atomic E-state index is 12.8. The molecule has 1 unspecified atom stereocenters. The number of imide groups is 1. The third-order valence-electron chi connectivity index (χ3n) is 5.00. The zero-order valence-electron chi connectivity index (χ0n) is 16.3. The topological polar surface area (TPSA) is 94.1 Å². The van der Waals surface area contributed by atoms with E-state index in [0.29, 0.717) is 16.4 Å². The van der Waals surface area contributed by atoms with Gasteiger partial charge >= 0.3 is 6.03 Å². The van der Waals surface area contributed by atoms with Gasteiger partial charge in [-0.1, -0.05) is 11.6 Å². The largest absolute Gasteiger partial charge is 0.358 e. The van der Waals surface area contributed by atoms with Gasteiger partial charge < -0.3 is 15.5 Å². The fourth-order valence-electron chi connectivity index (χ4n) is 3.48. The first-order valence-electron chi connectivity index (χ1n) is 9.48. The highest BCUT2D eigenvalue weighted by atomic mass is 35.5. The number of nitrogens with zero attached hydrogens (tertiary/aromatic N) is 3. The van der Waals surface area contributed by atoms with E-state index in [4.69, 9.17) is 11.6 Å². The van der Waals surface area contributed by atoms with Crippen LogP contribution in [0.5, 0.6) is 0 Å². The second-order valence-electron chi connectivity index (χ2n) is 7.10. The van der Waals surface area contributed by atoms with Crippen molar-refractivity contribution in [3.63, 3.8) is 0 Å². The molecule has 4 rings (SSSR count). The van der Waals surface area contributed by atoms with Gasteiger partial charge in [-0.2, -0.15) is 0 Å². The van der Waals surface area contributed by atoms with Crippen molar-refractivity contribution in [3.8, 4) is 0 Å². The molecule has 0 aromatic heterocycles. The maximum atomic E-state index is 12.8. The Labute approximate surface area is 178 Å². The van der Waals surface area contributed by atoms with Gasteiger partial charge in [0.15, 0.2) is 0 Å². The van der Waals surface area contributed by atoms with Gasteiger partial charge in [0.05, 0.1) is 18.7 Å². The first-order valence-corrected chi connectivity index (χ1v) is 9.86. The van der Waals surface area contributed by atoms with Gasteiger partial charge in [-0.25, -0.2) is 9.69 Å². The molecule has 8 nitrogen and oxygen atoms in total. The number of nitrogens with one attached hydrogen (secondary N) is 2. The fourth-order valence-corrected chi connectivity index (χ4v) is 3.60. The molecular weight excluding hydrogens is 406 g/mol. The summed E-state index contributed by atoms with van der Waals surface area (Å²) in [6.45, 7) is 1.62. The average Bonchev–Trinajstić information content (AvgIpc) is 3.26. The number of hydrogen-bond donors (Lipinski definition) is 2. The number of likely N-dealkylation sites (N-methyl/N-ethyl adjacent to an activating group) is 1. The van der Waals surface area contributed by atoms with E-state index in [2.05, 4.69) is 20.5 Å². The van der Waals surface area contributed by atoms with Crippen molar-refractivity contribution in [1.29, 1.82) is 0 Å². The van der Waals surface area contributed by atoms with Gasteiger partial charge in [-0.15, -0.1) is 0 Å². The van der Waals surface area contributed by atoms with Crippen LogP contribution in [-0.4, -0.2) is 54.8 Å². The predicted molar refractivity (Wildman–Crippen MR) is 115 cm³/mol. The molecule has 2 aliphatic heterocycles. The van der Waals surface area contributed by atoms with Crippen LogP contribution in [0.15, 0.2) is 53.5 Å². The summed E-state index contributed by atoms with van der Waals surface area (Å²) in [4.78, 5) is 45.0. The quantitative estimate of drug-likeness (QED) is 0.736. The van der Waals surface area contributed by atoms with E-state index in [-0.39, 0.29) is 12.3 Å². The molecule has 4 amide bonds. The highest BCUT2D eigenvalue weighted by molar-refractivity contribution is 6.30. The summed E-state index contributed by atoms with van der Waals surface area (Å²) in [6.07, 6.45) is -0.0932. The van der Waals surface area contributed by atoms with Gasteiger partial charge in [-0.3, -0.25) is 14.6 Å². The predicted octanol–water partition coefficient (Wildman–Crippen LogP) is 2.49. The molecule has 2 aliphatic rings. The third kappa shape index (κ3) is 3.99. The zero-order valence-corrected chi connectivity index (χ0v) is 17.0. The number of halogens is 1. The molecule has 0 aliphatic carbocycles. The summed E-state index contributed by atoms with van der Waals surface area (Å²) in [5.74, 6) is 0.0632. The Morgan fingerprint density at radius 3 is 2.43 bits per heavy atom. The summed E-state index contributed by atoms with van der Waals surface area (Å²) >= 11 is 5.82. The highest BCUT2D eigenvalue weighted by Crippen LogP contribution is 2.24. The molecule has 0 saturated carbocycles. The zero-order chi connectivity index (χ0) is 21.3. The van der Waals surface area contributed by atoms with Crippen molar-refractivity contribution in [1.82, 2.24) is 10.2 Å². The summed E-state index contributed by atoms with van der Waals surface area (Å²) < 4.78 is 0. The van der Waals surface area contributed by atoms with E-state index in [1.165, 1.54) is 0 Å². The molecule has 0 spiro atoms. The van der Waals surface area contributed by atoms with Crippen LogP contribution >= 0.6 is 11.6 Å². The Morgan fingerprint density at radius 2 is 1.80 bits per heavy atom. The van der Waals surface area contributed by atoms with Gasteiger partial charge in [0.1, 0.15) is 11.9 Å². The molecule has 2 N–H and O–H groups in total. The summed E-state index contributed by atoms with van der Waals surface area (Å²) in [6, 6.07) is 12.2. The first kappa shape index (κ1) is 19.9. The van der Waals surface area contributed by atoms with Crippen LogP contribution < -0.4 is 15.5 Å². The minimum Gasteiger partial charge on any atom is -0.358 e. The molecular formula is C21H20ClN5O3. The van der Waals surface area contributed by atoms with Crippen LogP contribution in [0.4, 0.5) is 16.2 Å². The number of benzene rings is 2. The molecule has 154 valence electrons. The molecule has 9 heteroatoms. The normalized spacial score (nSPS) is 18.6. The molecule has 2 aromatic carbocycles. The van der Waals surface area contributed by atoms with Gasteiger partial charge in [0.2, 0.25) is 5.91 Å². The first-order chi connectivity index (χ1) is 14.4. The lowest BCUT2D eigenvalue weighted by molar-refractivity contribution is -0.121. The molecule has 2 aromatic rings. The number of anilines is 2. The average molecular weight is 426 g/mol. The number of carbonyl (C=O) groups excluding carboxylic acids is 3. The minimum atomic E-state index is -0.921. The van der Waals surface area contributed by atoms with E-state index in [1.807, 2.05) is 19.2 Å². The standard InChI is InChI=1S/C21H20ClN5O3/c1-26-11-10-23-19(26)13-2-8-16(9-3-13)27-18(28)12-17(20(27)29)25-21(30)24-15-6-4-14(22)5-7-15/h2-9,17H,10-12H2,1H3,(H2,24,25,30). The van der Waals surface area contributed by atoms with Crippen molar-refractivity contribution in [2.45, 2.75) is 12.5 Å².